The van der Waals surface area contributed by atoms with E-state index in [9.17, 15) is 9.59 Å². The van der Waals surface area contributed by atoms with Crippen LogP contribution < -0.4 is 25.4 Å². The van der Waals surface area contributed by atoms with Crippen LogP contribution in [-0.4, -0.2) is 26.2 Å². The summed E-state index contributed by atoms with van der Waals surface area (Å²) in [5, 5.41) is 8.42. The van der Waals surface area contributed by atoms with E-state index in [-0.39, 0.29) is 11.9 Å². The van der Waals surface area contributed by atoms with Crippen molar-refractivity contribution in [2.24, 2.45) is 0 Å². The molecule has 1 heterocycles. The van der Waals surface area contributed by atoms with E-state index in [2.05, 4.69) is 16.0 Å². The molecule has 0 saturated heterocycles. The average molecular weight is 381 g/mol. The van der Waals surface area contributed by atoms with Gasteiger partial charge in [-0.3, -0.25) is 4.79 Å². The van der Waals surface area contributed by atoms with Gasteiger partial charge in [0.05, 0.1) is 25.8 Å². The molecular formula is C21H23N3O4. The van der Waals surface area contributed by atoms with Crippen molar-refractivity contribution in [3.8, 4) is 11.5 Å². The van der Waals surface area contributed by atoms with E-state index in [0.717, 1.165) is 5.56 Å². The van der Waals surface area contributed by atoms with E-state index in [4.69, 9.17) is 9.47 Å². The minimum atomic E-state index is -0.692. The normalized spacial score (nSPS) is 16.1. The number of hydrogen-bond acceptors (Lipinski definition) is 4. The lowest BCUT2D eigenvalue weighted by atomic mass is 9.93. The van der Waals surface area contributed by atoms with Crippen LogP contribution in [0.25, 0.3) is 0 Å². The molecule has 2 aromatic rings. The molecule has 2 aromatic carbocycles. The van der Waals surface area contributed by atoms with Gasteiger partial charge in [-0.05, 0) is 31.5 Å². The summed E-state index contributed by atoms with van der Waals surface area (Å²) in [4.78, 5) is 25.3. The zero-order valence-electron chi connectivity index (χ0n) is 16.3. The monoisotopic (exact) mass is 381 g/mol. The van der Waals surface area contributed by atoms with Crippen LogP contribution in [-0.2, 0) is 4.79 Å². The molecule has 0 bridgehead atoms. The topological polar surface area (TPSA) is 88.7 Å². The molecule has 0 radical (unpaired) electrons. The summed E-state index contributed by atoms with van der Waals surface area (Å²) in [5.41, 5.74) is 3.16. The van der Waals surface area contributed by atoms with Crippen LogP contribution in [0.15, 0.2) is 53.7 Å². The predicted octanol–water partition coefficient (Wildman–Crippen LogP) is 3.28. The fourth-order valence-corrected chi connectivity index (χ4v) is 3.27. The lowest BCUT2D eigenvalue weighted by Crippen LogP contribution is -2.46. The number of urea groups is 1. The number of amides is 3. The largest absolute Gasteiger partial charge is 0.493 e. The van der Waals surface area contributed by atoms with Gasteiger partial charge >= 0.3 is 6.03 Å². The number of benzene rings is 2. The van der Waals surface area contributed by atoms with Gasteiger partial charge in [0.1, 0.15) is 0 Å². The van der Waals surface area contributed by atoms with Gasteiger partial charge in [-0.25, -0.2) is 4.79 Å². The highest BCUT2D eigenvalue weighted by Crippen LogP contribution is 2.39. The number of anilines is 1. The first-order valence-electron chi connectivity index (χ1n) is 8.82. The molecule has 7 nitrogen and oxygen atoms in total. The minimum Gasteiger partial charge on any atom is -0.493 e. The molecule has 146 valence electrons. The number of nitrogens with one attached hydrogen (secondary N) is 3. The van der Waals surface area contributed by atoms with E-state index in [1.165, 1.54) is 14.2 Å². The van der Waals surface area contributed by atoms with Crippen molar-refractivity contribution in [2.75, 3.05) is 19.5 Å². The first-order chi connectivity index (χ1) is 13.5. The first kappa shape index (κ1) is 19.3. The number of aryl methyl sites for hydroxylation is 1. The minimum absolute atomic E-state index is 0.311. The van der Waals surface area contributed by atoms with Crippen LogP contribution in [0.3, 0.4) is 0 Å². The Morgan fingerprint density at radius 2 is 1.79 bits per heavy atom. The Hall–Kier alpha value is -3.48. The molecule has 0 saturated carbocycles. The Morgan fingerprint density at radius 1 is 1.04 bits per heavy atom. The van der Waals surface area contributed by atoms with Crippen LogP contribution in [0, 0.1) is 6.92 Å². The Morgan fingerprint density at radius 3 is 2.46 bits per heavy atom. The Balaban J connectivity index is 2.05. The number of carbonyl (C=O) groups is 2. The van der Waals surface area contributed by atoms with E-state index in [1.807, 2.05) is 31.2 Å². The molecule has 1 aliphatic heterocycles. The number of para-hydroxylation sites is 2. The quantitative estimate of drug-likeness (QED) is 0.742. The van der Waals surface area contributed by atoms with Gasteiger partial charge in [0.15, 0.2) is 11.5 Å². The summed E-state index contributed by atoms with van der Waals surface area (Å²) in [7, 11) is 3.06. The van der Waals surface area contributed by atoms with Crippen molar-refractivity contribution in [3.05, 3.63) is 64.9 Å². The summed E-state index contributed by atoms with van der Waals surface area (Å²) >= 11 is 0. The van der Waals surface area contributed by atoms with Crippen molar-refractivity contribution >= 4 is 17.6 Å². The number of carbonyl (C=O) groups excluding carboxylic acids is 2. The summed E-state index contributed by atoms with van der Waals surface area (Å²) in [5.74, 6) is 0.671. The second-order valence-corrected chi connectivity index (χ2v) is 6.42. The van der Waals surface area contributed by atoms with Gasteiger partial charge < -0.3 is 25.4 Å². The van der Waals surface area contributed by atoms with Crippen LogP contribution in [0.5, 0.6) is 11.5 Å². The van der Waals surface area contributed by atoms with Crippen LogP contribution in [0.1, 0.15) is 24.1 Å². The van der Waals surface area contributed by atoms with Gasteiger partial charge in [-0.1, -0.05) is 30.3 Å². The standard InChI is InChI=1S/C21H23N3O4/c1-12-8-5-6-10-15(12)23-20(25)17-13(2)22-21(26)24-18(17)14-9-7-11-16(27-3)19(14)28-4/h5-11,18H,1-4H3,(H,23,25)(H2,22,24,26)/t18-/m1/s1. The van der Waals surface area contributed by atoms with Crippen LogP contribution in [0.4, 0.5) is 10.5 Å². The third-order valence-electron chi connectivity index (χ3n) is 4.65. The van der Waals surface area contributed by atoms with Gasteiger partial charge in [-0.15, -0.1) is 0 Å². The van der Waals surface area contributed by atoms with Crippen molar-refractivity contribution < 1.29 is 19.1 Å². The molecule has 3 amide bonds. The van der Waals surface area contributed by atoms with E-state index in [1.54, 1.807) is 25.1 Å². The van der Waals surface area contributed by atoms with E-state index in [0.29, 0.717) is 34.0 Å². The highest BCUT2D eigenvalue weighted by molar-refractivity contribution is 6.07. The van der Waals surface area contributed by atoms with Crippen molar-refractivity contribution in [3.63, 3.8) is 0 Å². The molecule has 3 rings (SSSR count). The smallest absolute Gasteiger partial charge is 0.319 e. The highest BCUT2D eigenvalue weighted by atomic mass is 16.5. The highest BCUT2D eigenvalue weighted by Gasteiger charge is 2.33. The molecule has 0 aliphatic carbocycles. The van der Waals surface area contributed by atoms with Gasteiger partial charge in [0, 0.05) is 16.9 Å². The van der Waals surface area contributed by atoms with Crippen LogP contribution in [0.2, 0.25) is 0 Å². The summed E-state index contributed by atoms with van der Waals surface area (Å²) < 4.78 is 10.9. The van der Waals surface area contributed by atoms with E-state index >= 15 is 0 Å². The van der Waals surface area contributed by atoms with Crippen LogP contribution >= 0.6 is 0 Å². The lowest BCUT2D eigenvalue weighted by molar-refractivity contribution is -0.113. The van der Waals surface area contributed by atoms with Crippen molar-refractivity contribution in [2.45, 2.75) is 19.9 Å². The number of methoxy groups -OCH3 is 2. The fraction of sp³-hybridized carbons (Fsp3) is 0.238. The molecule has 0 aromatic heterocycles. The van der Waals surface area contributed by atoms with Gasteiger partial charge in [0.25, 0.3) is 5.91 Å². The van der Waals surface area contributed by atoms with E-state index < -0.39 is 6.04 Å². The number of allylic oxidation sites excluding steroid dienone is 1. The molecule has 1 aliphatic rings. The second kappa shape index (κ2) is 8.04. The first-order valence-corrected chi connectivity index (χ1v) is 8.82. The van der Waals surface area contributed by atoms with Crippen molar-refractivity contribution in [1.82, 2.24) is 10.6 Å². The summed E-state index contributed by atoms with van der Waals surface area (Å²) in [6.07, 6.45) is 0. The Kier molecular flexibility index (Phi) is 5.54. The van der Waals surface area contributed by atoms with Gasteiger partial charge in [0.2, 0.25) is 0 Å². The summed E-state index contributed by atoms with van der Waals surface area (Å²) in [6, 6.07) is 11.8. The fourth-order valence-electron chi connectivity index (χ4n) is 3.27. The third-order valence-corrected chi connectivity index (χ3v) is 4.65. The zero-order valence-corrected chi connectivity index (χ0v) is 16.3. The second-order valence-electron chi connectivity index (χ2n) is 6.42. The Labute approximate surface area is 163 Å². The SMILES string of the molecule is COc1cccc([C@H]2NC(=O)NC(C)=C2C(=O)Nc2ccccc2C)c1OC. The molecule has 0 spiro atoms. The number of rotatable bonds is 5. The molecule has 7 heteroatoms. The lowest BCUT2D eigenvalue weighted by Gasteiger charge is -2.30. The molecular weight excluding hydrogens is 358 g/mol. The van der Waals surface area contributed by atoms with Crippen molar-refractivity contribution in [1.29, 1.82) is 0 Å². The molecule has 1 atom stereocenters. The Bertz CT molecular complexity index is 952. The molecule has 0 unspecified atom stereocenters. The van der Waals surface area contributed by atoms with Gasteiger partial charge in [-0.2, -0.15) is 0 Å². The molecule has 28 heavy (non-hydrogen) atoms. The maximum absolute atomic E-state index is 13.1. The predicted molar refractivity (Wildman–Crippen MR) is 106 cm³/mol. The molecule has 3 N–H and O–H groups in total. The zero-order chi connectivity index (χ0) is 20.3. The maximum Gasteiger partial charge on any atom is 0.319 e. The molecule has 0 fully saturated rings. The maximum atomic E-state index is 13.1. The average Bonchev–Trinajstić information content (AvgIpc) is 2.68. The number of ether oxygens (including phenoxy) is 2. The third kappa shape index (κ3) is 3.64. The summed E-state index contributed by atoms with van der Waals surface area (Å²) in [6.45, 7) is 3.62. The number of hydrogen-bond donors (Lipinski definition) is 3.